The van der Waals surface area contributed by atoms with Gasteiger partial charge in [-0.2, -0.15) is 0 Å². The van der Waals surface area contributed by atoms with Crippen LogP contribution in [0.15, 0.2) is 47.4 Å². The Balaban J connectivity index is 2.52. The van der Waals surface area contributed by atoms with Gasteiger partial charge in [-0.15, -0.1) is 0 Å². The van der Waals surface area contributed by atoms with Crippen LogP contribution < -0.4 is 10.5 Å². The van der Waals surface area contributed by atoms with Crippen LogP contribution in [0.4, 0.5) is 5.69 Å². The zero-order valence-corrected chi connectivity index (χ0v) is 13.4. The van der Waals surface area contributed by atoms with Crippen molar-refractivity contribution < 1.29 is 8.42 Å². The maximum Gasteiger partial charge on any atom is 0.262 e. The van der Waals surface area contributed by atoms with E-state index in [0.29, 0.717) is 11.3 Å². The van der Waals surface area contributed by atoms with Crippen molar-refractivity contribution in [2.45, 2.75) is 18.7 Å². The maximum absolute atomic E-state index is 12.6. The van der Waals surface area contributed by atoms with Crippen molar-refractivity contribution in [3.8, 4) is 0 Å². The lowest BCUT2D eigenvalue weighted by molar-refractivity contribution is 0.601. The van der Waals surface area contributed by atoms with E-state index in [1.54, 1.807) is 18.2 Å². The highest BCUT2D eigenvalue weighted by Gasteiger charge is 2.20. The maximum atomic E-state index is 12.6. The van der Waals surface area contributed by atoms with Gasteiger partial charge in [-0.3, -0.25) is 4.72 Å². The van der Waals surface area contributed by atoms with Gasteiger partial charge in [0.1, 0.15) is 4.99 Å². The molecule has 0 fully saturated rings. The normalized spacial score (nSPS) is 11.1. The number of anilines is 1. The fourth-order valence-electron chi connectivity index (χ4n) is 2.07. The lowest BCUT2D eigenvalue weighted by atomic mass is 10.1. The molecular weight excluding hydrogens is 304 g/mol. The smallest absolute Gasteiger partial charge is 0.262 e. The van der Waals surface area contributed by atoms with E-state index >= 15 is 0 Å². The van der Waals surface area contributed by atoms with Gasteiger partial charge in [-0.05, 0) is 31.0 Å². The largest absolute Gasteiger partial charge is 0.389 e. The second-order valence-corrected chi connectivity index (χ2v) is 6.82. The van der Waals surface area contributed by atoms with Gasteiger partial charge in [0.05, 0.1) is 10.6 Å². The molecular formula is C15H16N2O2S2. The zero-order valence-electron chi connectivity index (χ0n) is 11.8. The van der Waals surface area contributed by atoms with Crippen molar-refractivity contribution in [2.24, 2.45) is 5.73 Å². The minimum atomic E-state index is -3.75. The molecule has 2 aromatic carbocycles. The van der Waals surface area contributed by atoms with Crippen LogP contribution in [0, 0.1) is 13.8 Å². The van der Waals surface area contributed by atoms with E-state index in [1.807, 2.05) is 32.0 Å². The highest BCUT2D eigenvalue weighted by molar-refractivity contribution is 7.93. The van der Waals surface area contributed by atoms with Crippen molar-refractivity contribution in [1.82, 2.24) is 0 Å². The van der Waals surface area contributed by atoms with Crippen LogP contribution in [0.3, 0.4) is 0 Å². The van der Waals surface area contributed by atoms with Crippen LogP contribution in [0.25, 0.3) is 0 Å². The van der Waals surface area contributed by atoms with Crippen LogP contribution in [-0.4, -0.2) is 13.4 Å². The summed E-state index contributed by atoms with van der Waals surface area (Å²) < 4.78 is 27.8. The molecule has 0 bridgehead atoms. The van der Waals surface area contributed by atoms with Crippen molar-refractivity contribution in [3.05, 3.63) is 59.2 Å². The van der Waals surface area contributed by atoms with Crippen LogP contribution >= 0.6 is 12.2 Å². The third-order valence-electron chi connectivity index (χ3n) is 3.16. The number of thiocarbonyl (C=S) groups is 1. The fourth-order valence-corrected chi connectivity index (χ4v) is 3.74. The molecule has 0 unspecified atom stereocenters. The number of hydrogen-bond acceptors (Lipinski definition) is 3. The van der Waals surface area contributed by atoms with Gasteiger partial charge >= 0.3 is 0 Å². The van der Waals surface area contributed by atoms with Crippen molar-refractivity contribution in [2.75, 3.05) is 4.72 Å². The van der Waals surface area contributed by atoms with E-state index in [4.69, 9.17) is 18.0 Å². The lowest BCUT2D eigenvalue weighted by Crippen LogP contribution is -2.20. The first-order valence-corrected chi connectivity index (χ1v) is 8.20. The van der Waals surface area contributed by atoms with Crippen LogP contribution in [0.1, 0.15) is 16.7 Å². The highest BCUT2D eigenvalue weighted by Crippen LogP contribution is 2.24. The molecule has 2 rings (SSSR count). The fraction of sp³-hybridized carbons (Fsp3) is 0.133. The van der Waals surface area contributed by atoms with E-state index < -0.39 is 10.0 Å². The molecule has 0 aliphatic rings. The second-order valence-electron chi connectivity index (χ2n) is 4.73. The summed E-state index contributed by atoms with van der Waals surface area (Å²) in [5.41, 5.74) is 8.23. The molecule has 0 aromatic heterocycles. The van der Waals surface area contributed by atoms with Crippen molar-refractivity contribution in [3.63, 3.8) is 0 Å². The Morgan fingerprint density at radius 1 is 1.05 bits per heavy atom. The first-order chi connectivity index (χ1) is 9.83. The Bertz CT molecular complexity index is 779. The van der Waals surface area contributed by atoms with Gasteiger partial charge < -0.3 is 5.73 Å². The molecule has 0 aliphatic heterocycles. The summed E-state index contributed by atoms with van der Waals surface area (Å²) in [5, 5.41) is 0. The molecule has 0 spiro atoms. The Morgan fingerprint density at radius 2 is 1.62 bits per heavy atom. The summed E-state index contributed by atoms with van der Waals surface area (Å²) in [6.07, 6.45) is 0. The number of benzene rings is 2. The lowest BCUT2D eigenvalue weighted by Gasteiger charge is -2.15. The highest BCUT2D eigenvalue weighted by atomic mass is 32.2. The minimum Gasteiger partial charge on any atom is -0.389 e. The zero-order chi connectivity index (χ0) is 15.6. The Labute approximate surface area is 130 Å². The first kappa shape index (κ1) is 15.5. The minimum absolute atomic E-state index is 0.0532. The molecule has 4 nitrogen and oxygen atoms in total. The summed E-state index contributed by atoms with van der Waals surface area (Å²) in [6.45, 7) is 3.70. The molecule has 110 valence electrons. The quantitative estimate of drug-likeness (QED) is 0.850. The number of rotatable bonds is 4. The third-order valence-corrected chi connectivity index (χ3v) is 4.79. The van der Waals surface area contributed by atoms with E-state index in [-0.39, 0.29) is 9.88 Å². The van der Waals surface area contributed by atoms with Gasteiger partial charge in [0.2, 0.25) is 0 Å². The first-order valence-electron chi connectivity index (χ1n) is 6.31. The topological polar surface area (TPSA) is 72.2 Å². The summed E-state index contributed by atoms with van der Waals surface area (Å²) in [6, 6.07) is 12.0. The molecule has 0 amide bonds. The molecule has 3 N–H and O–H groups in total. The monoisotopic (exact) mass is 320 g/mol. The molecule has 0 aliphatic carbocycles. The number of nitrogens with one attached hydrogen (secondary N) is 1. The third kappa shape index (κ3) is 3.22. The Morgan fingerprint density at radius 3 is 2.19 bits per heavy atom. The van der Waals surface area contributed by atoms with Gasteiger partial charge in [0, 0.05) is 5.56 Å². The second kappa shape index (κ2) is 5.83. The van der Waals surface area contributed by atoms with E-state index in [0.717, 1.165) is 11.1 Å². The number of nitrogens with two attached hydrogens (primary N) is 1. The number of para-hydroxylation sites is 1. The van der Waals surface area contributed by atoms with Crippen LogP contribution in [-0.2, 0) is 10.0 Å². The van der Waals surface area contributed by atoms with Crippen molar-refractivity contribution in [1.29, 1.82) is 0 Å². The molecule has 2 aromatic rings. The Hall–Kier alpha value is -1.92. The molecule has 0 heterocycles. The summed E-state index contributed by atoms with van der Waals surface area (Å²) >= 11 is 4.92. The summed E-state index contributed by atoms with van der Waals surface area (Å²) in [5.74, 6) is 0. The van der Waals surface area contributed by atoms with Gasteiger partial charge in [0.25, 0.3) is 10.0 Å². The average Bonchev–Trinajstić information content (AvgIpc) is 2.43. The SMILES string of the molecule is Cc1cccc(C)c1NS(=O)(=O)c1ccccc1C(N)=S. The molecule has 21 heavy (non-hydrogen) atoms. The molecule has 0 radical (unpaired) electrons. The molecule has 6 heteroatoms. The number of aryl methyl sites for hydroxylation is 2. The summed E-state index contributed by atoms with van der Waals surface area (Å²) in [4.78, 5) is 0.137. The molecule has 0 saturated carbocycles. The van der Waals surface area contributed by atoms with Crippen LogP contribution in [0.5, 0.6) is 0 Å². The molecule has 0 saturated heterocycles. The van der Waals surface area contributed by atoms with E-state index in [1.165, 1.54) is 6.07 Å². The van der Waals surface area contributed by atoms with Crippen molar-refractivity contribution >= 4 is 32.9 Å². The number of hydrogen-bond donors (Lipinski definition) is 2. The molecule has 0 atom stereocenters. The average molecular weight is 320 g/mol. The van der Waals surface area contributed by atoms with Gasteiger partial charge in [0.15, 0.2) is 0 Å². The van der Waals surface area contributed by atoms with Gasteiger partial charge in [-0.1, -0.05) is 48.6 Å². The van der Waals surface area contributed by atoms with E-state index in [2.05, 4.69) is 4.72 Å². The summed E-state index contributed by atoms with van der Waals surface area (Å²) in [7, 11) is -3.75. The standard InChI is InChI=1S/C15H16N2O2S2/c1-10-6-5-7-11(2)14(10)17-21(18,19)13-9-4-3-8-12(13)15(16)20/h3-9,17H,1-2H3,(H2,16,20). The van der Waals surface area contributed by atoms with Gasteiger partial charge in [-0.25, -0.2) is 8.42 Å². The predicted octanol–water partition coefficient (Wildman–Crippen LogP) is 2.74. The van der Waals surface area contributed by atoms with E-state index in [9.17, 15) is 8.42 Å². The number of sulfonamides is 1. The predicted molar refractivity (Wildman–Crippen MR) is 89.1 cm³/mol. The van der Waals surface area contributed by atoms with Crippen LogP contribution in [0.2, 0.25) is 0 Å². The Kier molecular flexibility index (Phi) is 4.29.